The van der Waals surface area contributed by atoms with Gasteiger partial charge >= 0.3 is 10.3 Å². The first-order valence-electron chi connectivity index (χ1n) is 4.98. The van der Waals surface area contributed by atoms with E-state index in [0.29, 0.717) is 24.5 Å². The molecule has 0 radical (unpaired) electrons. The SMILES string of the molecule is COc1ccc2c(c1)CC1CN1S(=O)(=O)O2. The van der Waals surface area contributed by atoms with Gasteiger partial charge in [0.1, 0.15) is 11.5 Å². The Labute approximate surface area is 93.8 Å². The highest BCUT2D eigenvalue weighted by molar-refractivity contribution is 7.85. The van der Waals surface area contributed by atoms with Gasteiger partial charge in [-0.2, -0.15) is 12.7 Å². The molecule has 16 heavy (non-hydrogen) atoms. The minimum absolute atomic E-state index is 0.0540. The molecule has 0 spiro atoms. The van der Waals surface area contributed by atoms with E-state index >= 15 is 0 Å². The van der Waals surface area contributed by atoms with Crippen molar-refractivity contribution >= 4 is 10.3 Å². The Hall–Kier alpha value is -1.27. The van der Waals surface area contributed by atoms with Crippen molar-refractivity contribution in [2.24, 2.45) is 0 Å². The van der Waals surface area contributed by atoms with Gasteiger partial charge in [-0.15, -0.1) is 0 Å². The molecule has 1 fully saturated rings. The third-order valence-electron chi connectivity index (χ3n) is 2.87. The molecule has 86 valence electrons. The Morgan fingerprint density at radius 1 is 1.50 bits per heavy atom. The third-order valence-corrected chi connectivity index (χ3v) is 4.28. The van der Waals surface area contributed by atoms with E-state index in [1.807, 2.05) is 6.07 Å². The van der Waals surface area contributed by atoms with E-state index < -0.39 is 10.3 Å². The Balaban J connectivity index is 2.07. The first kappa shape index (κ1) is 9.92. The lowest BCUT2D eigenvalue weighted by Gasteiger charge is -2.08. The summed E-state index contributed by atoms with van der Waals surface area (Å²) in [4.78, 5) is 0. The number of hydrogen-bond acceptors (Lipinski definition) is 4. The molecule has 1 saturated heterocycles. The van der Waals surface area contributed by atoms with Gasteiger partial charge in [0.05, 0.1) is 7.11 Å². The van der Waals surface area contributed by atoms with Gasteiger partial charge in [-0.3, -0.25) is 0 Å². The second kappa shape index (κ2) is 3.11. The molecule has 2 unspecified atom stereocenters. The Kier molecular flexibility index (Phi) is 1.93. The monoisotopic (exact) mass is 241 g/mol. The summed E-state index contributed by atoms with van der Waals surface area (Å²) in [6.07, 6.45) is 0.686. The first-order chi connectivity index (χ1) is 7.60. The summed E-state index contributed by atoms with van der Waals surface area (Å²) in [5.41, 5.74) is 0.882. The molecule has 0 N–H and O–H groups in total. The fourth-order valence-corrected chi connectivity index (χ4v) is 3.22. The standard InChI is InChI=1S/C10H11NO4S/c1-14-9-2-3-10-7(5-9)4-8-6-11(8)16(12,13)15-10/h2-3,5,8H,4,6H2,1H3. The number of ether oxygens (including phenoxy) is 1. The lowest BCUT2D eigenvalue weighted by molar-refractivity contribution is 0.412. The average Bonchev–Trinajstić information content (AvgIpc) is 2.99. The molecule has 0 aromatic heterocycles. The van der Waals surface area contributed by atoms with Gasteiger partial charge < -0.3 is 8.92 Å². The van der Waals surface area contributed by atoms with Crippen molar-refractivity contribution < 1.29 is 17.3 Å². The highest BCUT2D eigenvalue weighted by atomic mass is 32.2. The quantitative estimate of drug-likeness (QED) is 0.674. The second-order valence-electron chi connectivity index (χ2n) is 3.94. The number of fused-ring (bicyclic) bond motifs is 2. The normalized spacial score (nSPS) is 29.3. The van der Waals surface area contributed by atoms with E-state index in [9.17, 15) is 8.42 Å². The molecule has 5 nitrogen and oxygen atoms in total. The molecule has 1 aromatic carbocycles. The van der Waals surface area contributed by atoms with E-state index in [0.717, 1.165) is 5.56 Å². The van der Waals surface area contributed by atoms with E-state index in [2.05, 4.69) is 0 Å². The Morgan fingerprint density at radius 2 is 2.31 bits per heavy atom. The van der Waals surface area contributed by atoms with Crippen LogP contribution in [0.15, 0.2) is 18.2 Å². The summed E-state index contributed by atoms with van der Waals surface area (Å²) < 4.78 is 34.8. The highest BCUT2D eigenvalue weighted by Gasteiger charge is 2.48. The third kappa shape index (κ3) is 1.45. The fraction of sp³-hybridized carbons (Fsp3) is 0.400. The van der Waals surface area contributed by atoms with Crippen molar-refractivity contribution in [1.82, 2.24) is 4.31 Å². The van der Waals surface area contributed by atoms with Crippen LogP contribution < -0.4 is 8.92 Å². The van der Waals surface area contributed by atoms with Gasteiger partial charge in [-0.25, -0.2) is 0 Å². The molecule has 2 heterocycles. The number of rotatable bonds is 1. The van der Waals surface area contributed by atoms with Crippen LogP contribution in [-0.2, 0) is 16.7 Å². The maximum absolute atomic E-state index is 11.6. The highest BCUT2D eigenvalue weighted by Crippen LogP contribution is 2.37. The minimum Gasteiger partial charge on any atom is -0.497 e. The van der Waals surface area contributed by atoms with Gasteiger partial charge in [-0.1, -0.05) is 0 Å². The van der Waals surface area contributed by atoms with Crippen LogP contribution >= 0.6 is 0 Å². The van der Waals surface area contributed by atoms with Gasteiger partial charge in [0.15, 0.2) is 0 Å². The molecule has 2 aliphatic heterocycles. The number of nitrogens with zero attached hydrogens (tertiary/aromatic N) is 1. The predicted octanol–water partition coefficient (Wildman–Crippen LogP) is 0.559. The van der Waals surface area contributed by atoms with Crippen molar-refractivity contribution in [3.63, 3.8) is 0 Å². The van der Waals surface area contributed by atoms with Crippen LogP contribution in [-0.4, -0.2) is 32.4 Å². The molecule has 0 amide bonds. The van der Waals surface area contributed by atoms with Crippen molar-refractivity contribution in [2.75, 3.05) is 13.7 Å². The summed E-state index contributed by atoms with van der Waals surface area (Å²) >= 11 is 0. The van der Waals surface area contributed by atoms with Crippen LogP contribution in [0.1, 0.15) is 5.56 Å². The van der Waals surface area contributed by atoms with Gasteiger partial charge in [0, 0.05) is 18.2 Å². The molecular formula is C10H11NO4S. The maximum Gasteiger partial charge on any atom is 0.385 e. The molecule has 1 aromatic rings. The zero-order chi connectivity index (χ0) is 11.3. The molecule has 2 atom stereocenters. The van der Waals surface area contributed by atoms with Crippen LogP contribution in [0.5, 0.6) is 11.5 Å². The van der Waals surface area contributed by atoms with E-state index in [1.54, 1.807) is 19.2 Å². The van der Waals surface area contributed by atoms with E-state index in [4.69, 9.17) is 8.92 Å². The zero-order valence-electron chi connectivity index (χ0n) is 8.71. The van der Waals surface area contributed by atoms with Crippen molar-refractivity contribution in [3.8, 4) is 11.5 Å². The van der Waals surface area contributed by atoms with Crippen molar-refractivity contribution in [2.45, 2.75) is 12.5 Å². The summed E-state index contributed by atoms with van der Waals surface area (Å²) in [5.74, 6) is 1.13. The zero-order valence-corrected chi connectivity index (χ0v) is 9.53. The lowest BCUT2D eigenvalue weighted by Crippen LogP contribution is -2.18. The van der Waals surface area contributed by atoms with Crippen LogP contribution in [0.2, 0.25) is 0 Å². The average molecular weight is 241 g/mol. The molecule has 0 saturated carbocycles. The molecule has 6 heteroatoms. The predicted molar refractivity (Wildman–Crippen MR) is 56.7 cm³/mol. The van der Waals surface area contributed by atoms with Crippen LogP contribution in [0.25, 0.3) is 0 Å². The summed E-state index contributed by atoms with van der Waals surface area (Å²) in [6, 6.07) is 5.21. The van der Waals surface area contributed by atoms with Gasteiger partial charge in [0.25, 0.3) is 0 Å². The number of benzene rings is 1. The molecular weight excluding hydrogens is 230 g/mol. The summed E-state index contributed by atoms with van der Waals surface area (Å²) in [5, 5.41) is 0. The van der Waals surface area contributed by atoms with Gasteiger partial charge in [0.2, 0.25) is 0 Å². The molecule has 2 aliphatic rings. The lowest BCUT2D eigenvalue weighted by atomic mass is 10.1. The second-order valence-corrected chi connectivity index (χ2v) is 5.43. The van der Waals surface area contributed by atoms with E-state index in [1.165, 1.54) is 4.31 Å². The first-order valence-corrected chi connectivity index (χ1v) is 6.35. The van der Waals surface area contributed by atoms with Crippen LogP contribution in [0.3, 0.4) is 0 Å². The maximum atomic E-state index is 11.6. The topological polar surface area (TPSA) is 55.6 Å². The number of hydrogen-bond donors (Lipinski definition) is 0. The molecule has 0 aliphatic carbocycles. The fourth-order valence-electron chi connectivity index (χ4n) is 1.94. The smallest absolute Gasteiger partial charge is 0.385 e. The Bertz CT molecular complexity index is 540. The van der Waals surface area contributed by atoms with Gasteiger partial charge in [-0.05, 0) is 24.6 Å². The minimum atomic E-state index is -3.56. The Morgan fingerprint density at radius 3 is 3.06 bits per heavy atom. The van der Waals surface area contributed by atoms with Crippen molar-refractivity contribution in [1.29, 1.82) is 0 Å². The molecule has 3 rings (SSSR count). The van der Waals surface area contributed by atoms with Crippen LogP contribution in [0, 0.1) is 0 Å². The summed E-state index contributed by atoms with van der Waals surface area (Å²) in [7, 11) is -1.98. The van der Waals surface area contributed by atoms with E-state index in [-0.39, 0.29) is 6.04 Å². The summed E-state index contributed by atoms with van der Waals surface area (Å²) in [6.45, 7) is 0.555. The number of methoxy groups -OCH3 is 1. The largest absolute Gasteiger partial charge is 0.497 e. The van der Waals surface area contributed by atoms with Crippen molar-refractivity contribution in [3.05, 3.63) is 23.8 Å². The molecule has 0 bridgehead atoms. The van der Waals surface area contributed by atoms with Crippen LogP contribution in [0.4, 0.5) is 0 Å².